The molecule has 2 aliphatic heterocycles. The summed E-state index contributed by atoms with van der Waals surface area (Å²) in [7, 11) is 1.37. The van der Waals surface area contributed by atoms with Gasteiger partial charge in [-0.1, -0.05) is 6.07 Å². The molecule has 0 saturated carbocycles. The van der Waals surface area contributed by atoms with E-state index in [2.05, 4.69) is 25.9 Å². The van der Waals surface area contributed by atoms with E-state index < -0.39 is 0 Å². The number of nitrogens with zero attached hydrogens (tertiary/aromatic N) is 2. The zero-order valence-electron chi connectivity index (χ0n) is 16.6. The molecule has 0 unspecified atom stereocenters. The summed E-state index contributed by atoms with van der Waals surface area (Å²) in [6.07, 6.45) is 4.00. The highest BCUT2D eigenvalue weighted by atomic mass is 35.5. The number of carbonyl (C=O) groups excluding carboxylic acids is 1. The van der Waals surface area contributed by atoms with Gasteiger partial charge in [0.2, 0.25) is 0 Å². The van der Waals surface area contributed by atoms with Crippen LogP contribution in [0.15, 0.2) is 24.3 Å². The second kappa shape index (κ2) is 13.1. The smallest absolute Gasteiger partial charge is 0.343 e. The fourth-order valence-electron chi connectivity index (χ4n) is 3.74. The average Bonchev–Trinajstić information content (AvgIpc) is 2.72. The van der Waals surface area contributed by atoms with Gasteiger partial charge in [-0.25, -0.2) is 4.79 Å². The van der Waals surface area contributed by atoms with E-state index in [4.69, 9.17) is 4.74 Å². The molecule has 3 rings (SSSR count). The molecule has 0 radical (unpaired) electrons. The summed E-state index contributed by atoms with van der Waals surface area (Å²) in [4.78, 5) is 16.2. The molecular weight excluding hydrogens is 401 g/mol. The lowest BCUT2D eigenvalue weighted by molar-refractivity contribution is -0.142. The summed E-state index contributed by atoms with van der Waals surface area (Å²) in [6.45, 7) is 7.83. The first-order valence-corrected chi connectivity index (χ1v) is 9.72. The SMILES string of the molecule is COC(=O)COc1cccc(N2CCN(CCC3CCNCC3)CC2)c1.Cl.Cl. The normalized spacial score (nSPS) is 18.0. The number of methoxy groups -OCH3 is 1. The van der Waals surface area contributed by atoms with E-state index in [-0.39, 0.29) is 37.4 Å². The molecule has 0 amide bonds. The van der Waals surface area contributed by atoms with Crippen LogP contribution >= 0.6 is 24.8 Å². The molecule has 2 heterocycles. The van der Waals surface area contributed by atoms with E-state index in [1.165, 1.54) is 46.0 Å². The molecule has 0 spiro atoms. The first-order valence-electron chi connectivity index (χ1n) is 9.72. The quantitative estimate of drug-likeness (QED) is 0.666. The largest absolute Gasteiger partial charge is 0.482 e. The van der Waals surface area contributed by atoms with Crippen molar-refractivity contribution in [1.82, 2.24) is 10.2 Å². The van der Waals surface area contributed by atoms with Crippen LogP contribution in [0.5, 0.6) is 5.75 Å². The Kier molecular flexibility index (Phi) is 11.6. The van der Waals surface area contributed by atoms with Crippen molar-refractivity contribution in [2.75, 3.05) is 64.4 Å². The van der Waals surface area contributed by atoms with E-state index in [9.17, 15) is 4.79 Å². The average molecular weight is 434 g/mol. The van der Waals surface area contributed by atoms with Crippen LogP contribution in [0.4, 0.5) is 5.69 Å². The Morgan fingerprint density at radius 1 is 1.14 bits per heavy atom. The molecule has 0 aliphatic carbocycles. The zero-order chi connectivity index (χ0) is 18.2. The Bertz CT molecular complexity index is 578. The number of esters is 1. The summed E-state index contributed by atoms with van der Waals surface area (Å²) in [5, 5.41) is 3.44. The molecule has 0 bridgehead atoms. The molecule has 2 saturated heterocycles. The number of piperidine rings is 1. The highest BCUT2D eigenvalue weighted by Gasteiger charge is 2.19. The van der Waals surface area contributed by atoms with Gasteiger partial charge in [-0.2, -0.15) is 0 Å². The summed E-state index contributed by atoms with van der Waals surface area (Å²) < 4.78 is 10.1. The molecule has 8 heteroatoms. The lowest BCUT2D eigenvalue weighted by Gasteiger charge is -2.37. The van der Waals surface area contributed by atoms with Gasteiger partial charge >= 0.3 is 5.97 Å². The standard InChI is InChI=1S/C20H31N3O3.2ClH/c1-25-20(24)16-26-19-4-2-3-18(15-19)23-13-11-22(12-14-23)10-7-17-5-8-21-9-6-17;;/h2-4,15,17,21H,5-14,16H2,1H3;2*1H. The fraction of sp³-hybridized carbons (Fsp3) is 0.650. The Morgan fingerprint density at radius 2 is 1.86 bits per heavy atom. The van der Waals surface area contributed by atoms with Crippen molar-refractivity contribution in [3.8, 4) is 5.75 Å². The zero-order valence-corrected chi connectivity index (χ0v) is 18.2. The Morgan fingerprint density at radius 3 is 2.54 bits per heavy atom. The molecule has 0 aromatic heterocycles. The number of halogens is 2. The number of benzene rings is 1. The number of hydrogen-bond acceptors (Lipinski definition) is 6. The number of nitrogens with one attached hydrogen (secondary N) is 1. The molecule has 1 aromatic rings. The molecular formula is C20H33Cl2N3O3. The molecule has 6 nitrogen and oxygen atoms in total. The summed E-state index contributed by atoms with van der Waals surface area (Å²) in [5.74, 6) is 1.25. The van der Waals surface area contributed by atoms with Crippen molar-refractivity contribution in [1.29, 1.82) is 0 Å². The van der Waals surface area contributed by atoms with Crippen molar-refractivity contribution < 1.29 is 14.3 Å². The third-order valence-corrected chi connectivity index (χ3v) is 5.45. The molecule has 0 atom stereocenters. The van der Waals surface area contributed by atoms with Gasteiger partial charge in [-0.05, 0) is 56.9 Å². The van der Waals surface area contributed by atoms with Crippen LogP contribution in [0, 0.1) is 5.92 Å². The molecule has 2 fully saturated rings. The summed E-state index contributed by atoms with van der Waals surface area (Å²) >= 11 is 0. The minimum atomic E-state index is -0.363. The highest BCUT2D eigenvalue weighted by molar-refractivity contribution is 5.85. The maximum atomic E-state index is 11.2. The Labute approximate surface area is 180 Å². The second-order valence-corrected chi connectivity index (χ2v) is 7.17. The molecule has 1 aromatic carbocycles. The van der Waals surface area contributed by atoms with Crippen LogP contribution in [0.25, 0.3) is 0 Å². The minimum Gasteiger partial charge on any atom is -0.482 e. The number of ether oxygens (including phenoxy) is 2. The summed E-state index contributed by atoms with van der Waals surface area (Å²) in [6, 6.07) is 7.97. The topological polar surface area (TPSA) is 54.0 Å². The van der Waals surface area contributed by atoms with Crippen LogP contribution in [0.2, 0.25) is 0 Å². The van der Waals surface area contributed by atoms with Crippen molar-refractivity contribution >= 4 is 36.5 Å². The third-order valence-electron chi connectivity index (χ3n) is 5.45. The Balaban J connectivity index is 0.00000196. The first-order chi connectivity index (χ1) is 12.7. The van der Waals surface area contributed by atoms with Crippen molar-refractivity contribution in [3.05, 3.63) is 24.3 Å². The lowest BCUT2D eigenvalue weighted by atomic mass is 9.94. The van der Waals surface area contributed by atoms with Gasteiger partial charge in [-0.15, -0.1) is 24.8 Å². The van der Waals surface area contributed by atoms with Crippen LogP contribution < -0.4 is 15.0 Å². The number of hydrogen-bond donors (Lipinski definition) is 1. The fourth-order valence-corrected chi connectivity index (χ4v) is 3.74. The number of carbonyl (C=O) groups is 1. The number of piperazine rings is 1. The van der Waals surface area contributed by atoms with Crippen LogP contribution in [-0.2, 0) is 9.53 Å². The predicted molar refractivity (Wildman–Crippen MR) is 117 cm³/mol. The summed E-state index contributed by atoms with van der Waals surface area (Å²) in [5.41, 5.74) is 1.16. The van der Waals surface area contributed by atoms with E-state index in [1.807, 2.05) is 18.2 Å². The van der Waals surface area contributed by atoms with Crippen molar-refractivity contribution in [3.63, 3.8) is 0 Å². The Hall–Kier alpha value is -1.21. The first kappa shape index (κ1) is 24.8. The van der Waals surface area contributed by atoms with E-state index >= 15 is 0 Å². The van der Waals surface area contributed by atoms with E-state index in [1.54, 1.807) is 0 Å². The minimum absolute atomic E-state index is 0. The maximum Gasteiger partial charge on any atom is 0.343 e. The monoisotopic (exact) mass is 433 g/mol. The van der Waals surface area contributed by atoms with Crippen LogP contribution in [-0.4, -0.2) is 70.4 Å². The van der Waals surface area contributed by atoms with Gasteiger partial charge in [-0.3, -0.25) is 4.90 Å². The van der Waals surface area contributed by atoms with Gasteiger partial charge in [0, 0.05) is 37.9 Å². The van der Waals surface area contributed by atoms with Gasteiger partial charge in [0.05, 0.1) is 7.11 Å². The van der Waals surface area contributed by atoms with Gasteiger partial charge in [0.25, 0.3) is 0 Å². The van der Waals surface area contributed by atoms with Crippen LogP contribution in [0.1, 0.15) is 19.3 Å². The second-order valence-electron chi connectivity index (χ2n) is 7.17. The highest BCUT2D eigenvalue weighted by Crippen LogP contribution is 2.23. The molecule has 2 aliphatic rings. The van der Waals surface area contributed by atoms with E-state index in [0.29, 0.717) is 5.75 Å². The van der Waals surface area contributed by atoms with Crippen molar-refractivity contribution in [2.24, 2.45) is 5.92 Å². The number of rotatable bonds is 7. The molecule has 1 N–H and O–H groups in total. The van der Waals surface area contributed by atoms with E-state index in [0.717, 1.165) is 37.8 Å². The predicted octanol–water partition coefficient (Wildman–Crippen LogP) is 2.59. The third kappa shape index (κ3) is 7.66. The van der Waals surface area contributed by atoms with Crippen LogP contribution in [0.3, 0.4) is 0 Å². The maximum absolute atomic E-state index is 11.2. The molecule has 160 valence electrons. The molecule has 28 heavy (non-hydrogen) atoms. The van der Waals surface area contributed by atoms with Gasteiger partial charge in [0.15, 0.2) is 6.61 Å². The van der Waals surface area contributed by atoms with Gasteiger partial charge < -0.3 is 19.7 Å². The van der Waals surface area contributed by atoms with Crippen molar-refractivity contribution in [2.45, 2.75) is 19.3 Å². The number of anilines is 1. The lowest BCUT2D eigenvalue weighted by Crippen LogP contribution is -2.47. The van der Waals surface area contributed by atoms with Gasteiger partial charge in [0.1, 0.15) is 5.75 Å².